The number of hydrogen-bond donors (Lipinski definition) is 2. The van der Waals surface area contributed by atoms with Gasteiger partial charge in [-0.1, -0.05) is 0 Å². The van der Waals surface area contributed by atoms with Gasteiger partial charge in [0.1, 0.15) is 12.4 Å². The predicted molar refractivity (Wildman–Crippen MR) is 88.6 cm³/mol. The number of aliphatic hydroxyl groups is 1. The predicted octanol–water partition coefficient (Wildman–Crippen LogP) is 2.80. The van der Waals surface area contributed by atoms with E-state index in [1.807, 2.05) is 42.1 Å². The van der Waals surface area contributed by atoms with Gasteiger partial charge in [0.05, 0.1) is 18.2 Å². The highest BCUT2D eigenvalue weighted by Crippen LogP contribution is 2.18. The van der Waals surface area contributed by atoms with Crippen LogP contribution in [0.25, 0.3) is 0 Å². The van der Waals surface area contributed by atoms with Gasteiger partial charge in [-0.15, -0.1) is 11.6 Å². The fourth-order valence-corrected chi connectivity index (χ4v) is 2.18. The topological polar surface area (TPSA) is 59.3 Å². The van der Waals surface area contributed by atoms with Crippen molar-refractivity contribution in [3.05, 3.63) is 41.7 Å². The zero-order valence-electron chi connectivity index (χ0n) is 12.9. The summed E-state index contributed by atoms with van der Waals surface area (Å²) in [7, 11) is 0. The molecule has 1 heterocycles. The van der Waals surface area contributed by atoms with Crippen LogP contribution in [-0.2, 0) is 13.2 Å². The van der Waals surface area contributed by atoms with Crippen LogP contribution in [0.15, 0.2) is 30.5 Å². The van der Waals surface area contributed by atoms with Gasteiger partial charge in [0.2, 0.25) is 0 Å². The summed E-state index contributed by atoms with van der Waals surface area (Å²) in [5, 5.41) is 16.8. The van der Waals surface area contributed by atoms with Crippen LogP contribution in [-0.4, -0.2) is 33.4 Å². The third kappa shape index (κ3) is 4.39. The number of anilines is 1. The van der Waals surface area contributed by atoms with E-state index in [2.05, 4.69) is 17.3 Å². The Kier molecular flexibility index (Phi) is 6.10. The van der Waals surface area contributed by atoms with Crippen LogP contribution in [0.1, 0.15) is 18.2 Å². The Bertz CT molecular complexity index is 584. The standard InChI is InChI=1S/C16H22ClN3O2/c1-3-20-12(2)13(9-19-20)11-22-16-6-4-14(5-7-16)18-10-15(21)8-17/h4-7,9,15,18,21H,3,8,10-11H2,1-2H3. The number of aromatic nitrogens is 2. The van der Waals surface area contributed by atoms with E-state index in [1.165, 1.54) is 0 Å². The first-order chi connectivity index (χ1) is 10.6. The first-order valence-corrected chi connectivity index (χ1v) is 7.89. The molecule has 0 amide bonds. The molecule has 1 unspecified atom stereocenters. The van der Waals surface area contributed by atoms with E-state index in [4.69, 9.17) is 16.3 Å². The monoisotopic (exact) mass is 323 g/mol. The van der Waals surface area contributed by atoms with Crippen LogP contribution in [0.3, 0.4) is 0 Å². The summed E-state index contributed by atoms with van der Waals surface area (Å²) in [6, 6.07) is 7.63. The van der Waals surface area contributed by atoms with E-state index in [0.29, 0.717) is 13.2 Å². The molecule has 0 aliphatic carbocycles. The third-order valence-electron chi connectivity index (χ3n) is 3.47. The van der Waals surface area contributed by atoms with Crippen molar-refractivity contribution in [1.82, 2.24) is 9.78 Å². The molecule has 1 aromatic heterocycles. The molecule has 0 radical (unpaired) electrons. The van der Waals surface area contributed by atoms with Gasteiger partial charge in [-0.05, 0) is 38.1 Å². The molecule has 2 aromatic rings. The van der Waals surface area contributed by atoms with Crippen molar-refractivity contribution >= 4 is 17.3 Å². The lowest BCUT2D eigenvalue weighted by Gasteiger charge is -2.11. The van der Waals surface area contributed by atoms with Gasteiger partial charge in [0.15, 0.2) is 0 Å². The Labute approximate surface area is 135 Å². The second-order valence-electron chi connectivity index (χ2n) is 5.07. The summed E-state index contributed by atoms with van der Waals surface area (Å²) in [6.45, 7) is 5.91. The zero-order chi connectivity index (χ0) is 15.9. The highest BCUT2D eigenvalue weighted by molar-refractivity contribution is 6.18. The molecule has 0 spiro atoms. The normalized spacial score (nSPS) is 12.2. The molecule has 1 aromatic carbocycles. The van der Waals surface area contributed by atoms with Crippen LogP contribution in [0.4, 0.5) is 5.69 Å². The van der Waals surface area contributed by atoms with E-state index < -0.39 is 6.10 Å². The smallest absolute Gasteiger partial charge is 0.119 e. The lowest BCUT2D eigenvalue weighted by molar-refractivity contribution is 0.211. The SMILES string of the molecule is CCn1ncc(COc2ccc(NCC(O)CCl)cc2)c1C. The number of nitrogens with one attached hydrogen (secondary N) is 1. The first-order valence-electron chi connectivity index (χ1n) is 7.36. The summed E-state index contributed by atoms with van der Waals surface area (Å²) in [4.78, 5) is 0. The van der Waals surface area contributed by atoms with Gasteiger partial charge in [-0.25, -0.2) is 0 Å². The fraction of sp³-hybridized carbons (Fsp3) is 0.438. The molecule has 2 rings (SSSR count). The second-order valence-corrected chi connectivity index (χ2v) is 5.38. The van der Waals surface area contributed by atoms with Crippen LogP contribution in [0, 0.1) is 6.92 Å². The molecule has 0 aliphatic rings. The van der Waals surface area contributed by atoms with Gasteiger partial charge in [0.25, 0.3) is 0 Å². The number of benzene rings is 1. The van der Waals surface area contributed by atoms with Crippen molar-refractivity contribution in [2.45, 2.75) is 33.1 Å². The minimum absolute atomic E-state index is 0.221. The number of halogens is 1. The third-order valence-corrected chi connectivity index (χ3v) is 3.83. The highest BCUT2D eigenvalue weighted by Gasteiger charge is 2.06. The quantitative estimate of drug-likeness (QED) is 0.733. The Balaban J connectivity index is 1.87. The number of ether oxygens (including phenoxy) is 1. The van der Waals surface area contributed by atoms with Gasteiger partial charge in [-0.3, -0.25) is 4.68 Å². The number of alkyl halides is 1. The van der Waals surface area contributed by atoms with Crippen molar-refractivity contribution < 1.29 is 9.84 Å². The highest BCUT2D eigenvalue weighted by atomic mass is 35.5. The Morgan fingerprint density at radius 3 is 2.68 bits per heavy atom. The number of rotatable bonds is 8. The van der Waals surface area contributed by atoms with Crippen molar-refractivity contribution in [2.24, 2.45) is 0 Å². The van der Waals surface area contributed by atoms with Gasteiger partial charge in [-0.2, -0.15) is 5.10 Å². The molecule has 2 N–H and O–H groups in total. The molecule has 0 saturated heterocycles. The minimum Gasteiger partial charge on any atom is -0.489 e. The molecule has 0 aliphatic heterocycles. The molecule has 22 heavy (non-hydrogen) atoms. The zero-order valence-corrected chi connectivity index (χ0v) is 13.7. The lowest BCUT2D eigenvalue weighted by Crippen LogP contribution is -2.20. The average Bonchev–Trinajstić information content (AvgIpc) is 2.91. The second kappa shape index (κ2) is 8.06. The Hall–Kier alpha value is -1.72. The summed E-state index contributed by atoms with van der Waals surface area (Å²) in [5.74, 6) is 1.02. The molecule has 0 bridgehead atoms. The number of nitrogens with zero attached hydrogens (tertiary/aromatic N) is 2. The fourth-order valence-electron chi connectivity index (χ4n) is 2.07. The number of aliphatic hydroxyl groups excluding tert-OH is 1. The number of aryl methyl sites for hydroxylation is 1. The van der Waals surface area contributed by atoms with Crippen LogP contribution >= 0.6 is 11.6 Å². The molecule has 0 fully saturated rings. The number of hydrogen-bond acceptors (Lipinski definition) is 4. The van der Waals surface area contributed by atoms with E-state index in [-0.39, 0.29) is 5.88 Å². The van der Waals surface area contributed by atoms with Crippen molar-refractivity contribution in [3.8, 4) is 5.75 Å². The van der Waals surface area contributed by atoms with Gasteiger partial charge in [0, 0.05) is 30.0 Å². The molecule has 1 atom stereocenters. The Morgan fingerprint density at radius 1 is 1.36 bits per heavy atom. The molecule has 120 valence electrons. The summed E-state index contributed by atoms with van der Waals surface area (Å²) >= 11 is 5.55. The largest absolute Gasteiger partial charge is 0.489 e. The van der Waals surface area contributed by atoms with Crippen molar-refractivity contribution in [1.29, 1.82) is 0 Å². The summed E-state index contributed by atoms with van der Waals surface area (Å²) in [6.07, 6.45) is 1.30. The maximum Gasteiger partial charge on any atom is 0.119 e. The lowest BCUT2D eigenvalue weighted by atomic mass is 10.2. The van der Waals surface area contributed by atoms with Gasteiger partial charge >= 0.3 is 0 Å². The minimum atomic E-state index is -0.546. The molecular weight excluding hydrogens is 302 g/mol. The van der Waals surface area contributed by atoms with E-state index in [1.54, 1.807) is 0 Å². The van der Waals surface area contributed by atoms with Crippen molar-refractivity contribution in [2.75, 3.05) is 17.7 Å². The van der Waals surface area contributed by atoms with E-state index in [0.717, 1.165) is 29.2 Å². The summed E-state index contributed by atoms with van der Waals surface area (Å²) in [5.41, 5.74) is 3.15. The van der Waals surface area contributed by atoms with Crippen LogP contribution < -0.4 is 10.1 Å². The first kappa shape index (κ1) is 16.6. The van der Waals surface area contributed by atoms with E-state index >= 15 is 0 Å². The van der Waals surface area contributed by atoms with Gasteiger partial charge < -0.3 is 15.2 Å². The average molecular weight is 324 g/mol. The molecule has 6 heteroatoms. The molecule has 0 saturated carbocycles. The maximum atomic E-state index is 9.41. The molecular formula is C16H22ClN3O2. The van der Waals surface area contributed by atoms with E-state index in [9.17, 15) is 5.11 Å². The van der Waals surface area contributed by atoms with Crippen LogP contribution in [0.2, 0.25) is 0 Å². The molecule has 5 nitrogen and oxygen atoms in total. The maximum absolute atomic E-state index is 9.41. The van der Waals surface area contributed by atoms with Crippen LogP contribution in [0.5, 0.6) is 5.75 Å². The summed E-state index contributed by atoms with van der Waals surface area (Å²) < 4.78 is 7.73. The van der Waals surface area contributed by atoms with Crippen molar-refractivity contribution in [3.63, 3.8) is 0 Å². The Morgan fingerprint density at radius 2 is 2.09 bits per heavy atom.